The number of hydrogen-bond acceptors (Lipinski definition) is 5. The Balaban J connectivity index is 1.43. The van der Waals surface area contributed by atoms with E-state index >= 15 is 0 Å². The lowest BCUT2D eigenvalue weighted by Gasteiger charge is -2.30. The van der Waals surface area contributed by atoms with Gasteiger partial charge in [0.05, 0.1) is 10.4 Å². The minimum atomic E-state index is -0.664. The summed E-state index contributed by atoms with van der Waals surface area (Å²) < 4.78 is 0. The number of carbonyl (C=O) groups is 3. The van der Waals surface area contributed by atoms with Crippen LogP contribution < -0.4 is 21.8 Å². The molecule has 1 atom stereocenters. The highest BCUT2D eigenvalue weighted by molar-refractivity contribution is 7.14. The molecule has 4 rings (SSSR count). The van der Waals surface area contributed by atoms with E-state index in [4.69, 9.17) is 11.1 Å². The van der Waals surface area contributed by atoms with Crippen molar-refractivity contribution >= 4 is 46.6 Å². The summed E-state index contributed by atoms with van der Waals surface area (Å²) in [6, 6.07) is 11.9. The van der Waals surface area contributed by atoms with E-state index in [0.29, 0.717) is 47.6 Å². The van der Waals surface area contributed by atoms with Crippen molar-refractivity contribution in [3.05, 3.63) is 80.0 Å². The number of benzene rings is 2. The van der Waals surface area contributed by atoms with E-state index in [9.17, 15) is 14.4 Å². The Hall–Kier alpha value is -3.98. The zero-order valence-corrected chi connectivity index (χ0v) is 22.1. The lowest BCUT2D eigenvalue weighted by Crippen LogP contribution is -2.49. The van der Waals surface area contributed by atoms with Crippen LogP contribution in [0.1, 0.15) is 60.5 Å². The van der Waals surface area contributed by atoms with Crippen LogP contribution in [0, 0.1) is 13.8 Å². The zero-order chi connectivity index (χ0) is 26.7. The fraction of sp³-hybridized carbons (Fsp3) is 0.286. The Morgan fingerprint density at radius 2 is 1.95 bits per heavy atom. The largest absolute Gasteiger partial charge is 0.398 e. The maximum absolute atomic E-state index is 13.3. The summed E-state index contributed by atoms with van der Waals surface area (Å²) in [5, 5.41) is 11.4. The van der Waals surface area contributed by atoms with Gasteiger partial charge in [-0.05, 0) is 73.7 Å². The van der Waals surface area contributed by atoms with Gasteiger partial charge in [-0.1, -0.05) is 19.1 Å². The topological polar surface area (TPSA) is 130 Å². The van der Waals surface area contributed by atoms with E-state index in [1.54, 1.807) is 23.1 Å². The fourth-order valence-electron chi connectivity index (χ4n) is 4.36. The summed E-state index contributed by atoms with van der Waals surface area (Å²) in [5.74, 6) is -0.653. The van der Waals surface area contributed by atoms with Gasteiger partial charge in [0.1, 0.15) is 6.04 Å². The Bertz CT molecular complexity index is 1380. The number of nitrogen functional groups attached to an aromatic ring is 1. The first-order chi connectivity index (χ1) is 17.7. The average Bonchev–Trinajstić information content (AvgIpc) is 3.33. The number of anilines is 2. The second kappa shape index (κ2) is 11.0. The first kappa shape index (κ1) is 26.1. The lowest BCUT2D eigenvalue weighted by molar-refractivity contribution is -0.134. The van der Waals surface area contributed by atoms with Gasteiger partial charge in [-0.25, -0.2) is 0 Å². The van der Waals surface area contributed by atoms with Gasteiger partial charge in [-0.2, -0.15) is 0 Å². The van der Waals surface area contributed by atoms with Crippen LogP contribution in [0.25, 0.3) is 0 Å². The Labute approximate surface area is 220 Å². The summed E-state index contributed by atoms with van der Waals surface area (Å²) in [6.07, 6.45) is 2.46. The third-order valence-electron chi connectivity index (χ3n) is 6.80. The van der Waals surface area contributed by atoms with E-state index < -0.39 is 6.04 Å². The van der Waals surface area contributed by atoms with Crippen LogP contribution in [0.5, 0.6) is 0 Å². The van der Waals surface area contributed by atoms with Crippen molar-refractivity contribution in [3.63, 3.8) is 0 Å². The van der Waals surface area contributed by atoms with Gasteiger partial charge in [0.25, 0.3) is 11.8 Å². The number of thiophene rings is 1. The van der Waals surface area contributed by atoms with Crippen molar-refractivity contribution < 1.29 is 19.8 Å². The van der Waals surface area contributed by atoms with E-state index in [2.05, 4.69) is 10.6 Å². The third-order valence-corrected chi connectivity index (χ3v) is 8.03. The number of rotatable bonds is 7. The number of hydrogen-bond donors (Lipinski definition) is 4. The van der Waals surface area contributed by atoms with Crippen LogP contribution in [0.2, 0.25) is 0 Å². The molecular formula is C28H32N5O3S+. The number of carbonyl (C=O) groups excluding carboxylic acids is 3. The minimum Gasteiger partial charge on any atom is -0.398 e. The molecule has 0 bridgehead atoms. The molecule has 0 fully saturated rings. The van der Waals surface area contributed by atoms with E-state index in [1.807, 2.05) is 45.0 Å². The number of fused-ring (bicyclic) bond motifs is 1. The molecule has 1 aromatic heterocycles. The standard InChI is InChI=1S/C28H31N5O3S/c1-4-22(31-26(34)18-8-9-21(30)19(12-18)14-29)28(36)33-11-10-24-20(15-33)13-25(37-24)27(35)32-23-7-5-6-16(2)17(23)3/h5-9,12-14,22,29H,4,10-11,15,30H2,1-3H3,(H,31,34)(H,32,35)/p+1/t22-/m1/s1. The molecule has 0 saturated heterocycles. The molecule has 2 heterocycles. The molecule has 0 unspecified atom stereocenters. The first-order valence-electron chi connectivity index (χ1n) is 12.2. The second-order valence-electron chi connectivity index (χ2n) is 9.22. The molecule has 0 radical (unpaired) electrons. The summed E-state index contributed by atoms with van der Waals surface area (Å²) >= 11 is 1.47. The molecule has 6 N–H and O–H groups in total. The number of nitrogens with zero attached hydrogens (tertiary/aromatic N) is 1. The maximum Gasteiger partial charge on any atom is 0.265 e. The lowest BCUT2D eigenvalue weighted by atomic mass is 10.1. The van der Waals surface area contributed by atoms with Crippen LogP contribution in [0.15, 0.2) is 42.5 Å². The second-order valence-corrected chi connectivity index (χ2v) is 10.4. The monoisotopic (exact) mass is 518 g/mol. The first-order valence-corrected chi connectivity index (χ1v) is 13.1. The normalized spacial score (nSPS) is 13.4. The molecule has 192 valence electrons. The Kier molecular flexibility index (Phi) is 7.73. The molecule has 8 nitrogen and oxygen atoms in total. The van der Waals surface area contributed by atoms with Crippen molar-refractivity contribution in [2.45, 2.75) is 46.2 Å². The van der Waals surface area contributed by atoms with Crippen molar-refractivity contribution in [1.82, 2.24) is 10.2 Å². The number of amides is 3. The molecular weight excluding hydrogens is 486 g/mol. The number of aryl methyl sites for hydroxylation is 1. The quantitative estimate of drug-likeness (QED) is 0.283. The van der Waals surface area contributed by atoms with Gasteiger partial charge in [0.2, 0.25) is 5.91 Å². The van der Waals surface area contributed by atoms with Crippen LogP contribution in [-0.2, 0) is 17.8 Å². The van der Waals surface area contributed by atoms with Crippen LogP contribution in [0.3, 0.4) is 0 Å². The SMILES string of the molecule is CC[C@@H](NC(=O)c1ccc(N)c(C=[NH2+])c1)C(=O)N1CCc2sc(C(=O)Nc3cccc(C)c3C)cc2C1. The van der Waals surface area contributed by atoms with E-state index in [1.165, 1.54) is 17.6 Å². The highest BCUT2D eigenvalue weighted by atomic mass is 32.1. The molecule has 2 aromatic carbocycles. The Morgan fingerprint density at radius 1 is 1.16 bits per heavy atom. The van der Waals surface area contributed by atoms with Gasteiger partial charge in [-0.15, -0.1) is 11.3 Å². The van der Waals surface area contributed by atoms with Gasteiger partial charge in [0.15, 0.2) is 6.21 Å². The zero-order valence-electron chi connectivity index (χ0n) is 21.3. The summed E-state index contributed by atoms with van der Waals surface area (Å²) in [7, 11) is 0. The van der Waals surface area contributed by atoms with Gasteiger partial charge >= 0.3 is 0 Å². The average molecular weight is 519 g/mol. The van der Waals surface area contributed by atoms with Gasteiger partial charge < -0.3 is 21.3 Å². The van der Waals surface area contributed by atoms with Gasteiger partial charge in [-0.3, -0.25) is 19.8 Å². The molecule has 0 spiro atoms. The molecule has 3 amide bonds. The van der Waals surface area contributed by atoms with Crippen molar-refractivity contribution in [2.75, 3.05) is 17.6 Å². The number of nitrogens with two attached hydrogens (primary N) is 2. The summed E-state index contributed by atoms with van der Waals surface area (Å²) in [6.45, 7) is 6.80. The third kappa shape index (κ3) is 5.56. The highest BCUT2D eigenvalue weighted by Crippen LogP contribution is 2.30. The predicted molar refractivity (Wildman–Crippen MR) is 147 cm³/mol. The molecule has 1 aliphatic heterocycles. The van der Waals surface area contributed by atoms with Crippen LogP contribution in [-0.4, -0.2) is 41.4 Å². The highest BCUT2D eigenvalue weighted by Gasteiger charge is 2.29. The maximum atomic E-state index is 13.3. The van der Waals surface area contributed by atoms with Crippen LogP contribution in [0.4, 0.5) is 11.4 Å². The van der Waals surface area contributed by atoms with E-state index in [0.717, 1.165) is 27.3 Å². The summed E-state index contributed by atoms with van der Waals surface area (Å²) in [5.41, 5.74) is 11.2. The van der Waals surface area contributed by atoms with E-state index in [-0.39, 0.29) is 17.7 Å². The van der Waals surface area contributed by atoms with Crippen LogP contribution >= 0.6 is 11.3 Å². The van der Waals surface area contributed by atoms with Crippen molar-refractivity contribution in [1.29, 1.82) is 0 Å². The van der Waals surface area contributed by atoms with Gasteiger partial charge in [0, 0.05) is 34.9 Å². The smallest absolute Gasteiger partial charge is 0.265 e. The fourth-order valence-corrected chi connectivity index (χ4v) is 5.42. The molecule has 9 heteroatoms. The van der Waals surface area contributed by atoms with Crippen molar-refractivity contribution in [2.24, 2.45) is 0 Å². The molecule has 1 aliphatic rings. The Morgan fingerprint density at radius 3 is 2.68 bits per heavy atom. The summed E-state index contributed by atoms with van der Waals surface area (Å²) in [4.78, 5) is 42.6. The molecule has 0 aliphatic carbocycles. The molecule has 3 aromatic rings. The number of nitrogens with one attached hydrogen (secondary N) is 2. The predicted octanol–water partition coefficient (Wildman–Crippen LogP) is 2.47. The minimum absolute atomic E-state index is 0.143. The van der Waals surface area contributed by atoms with Crippen molar-refractivity contribution in [3.8, 4) is 0 Å². The molecule has 0 saturated carbocycles. The molecule has 37 heavy (non-hydrogen) atoms.